The molecule has 0 aliphatic heterocycles. The van der Waals surface area contributed by atoms with Gasteiger partial charge in [0.2, 0.25) is 0 Å². The Morgan fingerprint density at radius 1 is 1.26 bits per heavy atom. The summed E-state index contributed by atoms with van der Waals surface area (Å²) in [6.07, 6.45) is 3.30. The molecular weight excluding hydrogens is 326 g/mol. The van der Waals surface area contributed by atoms with E-state index in [1.807, 2.05) is 0 Å². The predicted octanol–water partition coefficient (Wildman–Crippen LogP) is 2.88. The number of hydrogen-bond acceptors (Lipinski definition) is 5. The van der Waals surface area contributed by atoms with Crippen LogP contribution in [-0.4, -0.2) is 29.7 Å². The second-order valence-electron chi connectivity index (χ2n) is 4.31. The maximum atomic E-state index is 13.0. The number of halogens is 2. The van der Waals surface area contributed by atoms with E-state index in [4.69, 9.17) is 4.74 Å². The lowest BCUT2D eigenvalue weighted by molar-refractivity contribution is -0.119. The van der Waals surface area contributed by atoms with Crippen molar-refractivity contribution in [2.45, 2.75) is 5.03 Å². The summed E-state index contributed by atoms with van der Waals surface area (Å²) < 4.78 is 30.7. The average molecular weight is 338 g/mol. The van der Waals surface area contributed by atoms with Crippen LogP contribution in [-0.2, 0) is 9.53 Å². The minimum atomic E-state index is -1.08. The van der Waals surface area contributed by atoms with Gasteiger partial charge in [-0.15, -0.1) is 11.8 Å². The van der Waals surface area contributed by atoms with Gasteiger partial charge in [-0.2, -0.15) is 0 Å². The lowest BCUT2D eigenvalue weighted by atomic mass is 10.3. The lowest BCUT2D eigenvalue weighted by Gasteiger charge is -2.08. The highest BCUT2D eigenvalue weighted by Crippen LogP contribution is 2.17. The van der Waals surface area contributed by atoms with E-state index in [-0.39, 0.29) is 11.3 Å². The molecule has 1 aromatic carbocycles. The number of thioether (sulfide) groups is 1. The molecule has 0 bridgehead atoms. The molecule has 23 heavy (non-hydrogen) atoms. The largest absolute Gasteiger partial charge is 0.452 e. The number of ether oxygens (including phenoxy) is 1. The number of carbonyl (C=O) groups is 2. The molecule has 0 aliphatic carbocycles. The molecule has 1 N–H and O–H groups in total. The molecule has 0 atom stereocenters. The fourth-order valence-corrected chi connectivity index (χ4v) is 2.23. The van der Waals surface area contributed by atoms with Crippen LogP contribution in [0.2, 0.25) is 0 Å². The molecule has 0 spiro atoms. The van der Waals surface area contributed by atoms with Crippen LogP contribution in [0.15, 0.2) is 41.6 Å². The Morgan fingerprint density at radius 2 is 2.04 bits per heavy atom. The van der Waals surface area contributed by atoms with E-state index in [0.717, 1.165) is 12.1 Å². The zero-order chi connectivity index (χ0) is 16.8. The molecule has 1 heterocycles. The van der Waals surface area contributed by atoms with E-state index >= 15 is 0 Å². The van der Waals surface area contributed by atoms with Crippen molar-refractivity contribution in [3.8, 4) is 0 Å². The number of amides is 1. The molecule has 8 heteroatoms. The van der Waals surface area contributed by atoms with Gasteiger partial charge in [-0.25, -0.2) is 18.6 Å². The monoisotopic (exact) mass is 338 g/mol. The standard InChI is InChI=1S/C15H12F2N2O3S/c1-23-14-10(3-2-6-18-14)15(21)22-8-13(20)19-9-4-5-11(16)12(17)7-9/h2-7H,8H2,1H3,(H,19,20). The summed E-state index contributed by atoms with van der Waals surface area (Å²) in [7, 11) is 0. The van der Waals surface area contributed by atoms with Gasteiger partial charge in [0.15, 0.2) is 18.2 Å². The lowest BCUT2D eigenvalue weighted by Crippen LogP contribution is -2.21. The third kappa shape index (κ3) is 4.49. The molecule has 0 saturated carbocycles. The first-order chi connectivity index (χ1) is 11.0. The smallest absolute Gasteiger partial charge is 0.341 e. The molecule has 1 aromatic heterocycles. The molecule has 120 valence electrons. The third-order valence-corrected chi connectivity index (χ3v) is 3.43. The quantitative estimate of drug-likeness (QED) is 0.671. The van der Waals surface area contributed by atoms with Crippen molar-refractivity contribution >= 4 is 29.3 Å². The normalized spacial score (nSPS) is 10.2. The fraction of sp³-hybridized carbons (Fsp3) is 0.133. The average Bonchev–Trinajstić information content (AvgIpc) is 2.56. The number of anilines is 1. The molecule has 5 nitrogen and oxygen atoms in total. The Morgan fingerprint density at radius 3 is 2.74 bits per heavy atom. The van der Waals surface area contributed by atoms with Crippen molar-refractivity contribution in [3.05, 3.63) is 53.7 Å². The zero-order valence-electron chi connectivity index (χ0n) is 12.0. The van der Waals surface area contributed by atoms with E-state index in [2.05, 4.69) is 10.3 Å². The number of pyridine rings is 1. The van der Waals surface area contributed by atoms with Gasteiger partial charge in [0.1, 0.15) is 5.03 Å². The van der Waals surface area contributed by atoms with Gasteiger partial charge in [0, 0.05) is 18.0 Å². The number of nitrogens with zero attached hydrogens (tertiary/aromatic N) is 1. The second kappa shape index (κ2) is 7.68. The molecule has 0 fully saturated rings. The topological polar surface area (TPSA) is 68.3 Å². The maximum Gasteiger partial charge on any atom is 0.341 e. The molecule has 2 rings (SSSR count). The molecule has 0 unspecified atom stereocenters. The SMILES string of the molecule is CSc1ncccc1C(=O)OCC(=O)Nc1ccc(F)c(F)c1. The minimum absolute atomic E-state index is 0.0659. The molecule has 1 amide bonds. The van der Waals surface area contributed by atoms with E-state index in [1.54, 1.807) is 18.5 Å². The second-order valence-corrected chi connectivity index (χ2v) is 5.11. The summed E-state index contributed by atoms with van der Waals surface area (Å²) >= 11 is 1.27. The van der Waals surface area contributed by atoms with Crippen LogP contribution in [0.25, 0.3) is 0 Å². The van der Waals surface area contributed by atoms with E-state index < -0.39 is 30.1 Å². The number of nitrogens with one attached hydrogen (secondary N) is 1. The van der Waals surface area contributed by atoms with E-state index in [1.165, 1.54) is 23.9 Å². The van der Waals surface area contributed by atoms with Gasteiger partial charge < -0.3 is 10.1 Å². The molecular formula is C15H12F2N2O3S. The van der Waals surface area contributed by atoms with Gasteiger partial charge in [0.05, 0.1) is 5.56 Å². The highest BCUT2D eigenvalue weighted by Gasteiger charge is 2.15. The van der Waals surface area contributed by atoms with Crippen LogP contribution in [0.1, 0.15) is 10.4 Å². The van der Waals surface area contributed by atoms with Crippen LogP contribution in [0.4, 0.5) is 14.5 Å². The third-order valence-electron chi connectivity index (χ3n) is 2.72. The van der Waals surface area contributed by atoms with Crippen LogP contribution in [0.5, 0.6) is 0 Å². The Balaban J connectivity index is 1.93. The van der Waals surface area contributed by atoms with Crippen molar-refractivity contribution in [2.75, 3.05) is 18.2 Å². The molecule has 0 aliphatic rings. The molecule has 2 aromatic rings. The zero-order valence-corrected chi connectivity index (χ0v) is 12.8. The summed E-state index contributed by atoms with van der Waals surface area (Å²) in [4.78, 5) is 27.6. The highest BCUT2D eigenvalue weighted by atomic mass is 32.2. The highest BCUT2D eigenvalue weighted by molar-refractivity contribution is 7.98. The predicted molar refractivity (Wildman–Crippen MR) is 81.3 cm³/mol. The van der Waals surface area contributed by atoms with Crippen LogP contribution in [0.3, 0.4) is 0 Å². The van der Waals surface area contributed by atoms with Gasteiger partial charge in [-0.3, -0.25) is 4.79 Å². The van der Waals surface area contributed by atoms with E-state index in [0.29, 0.717) is 5.03 Å². The Bertz CT molecular complexity index is 740. The number of aromatic nitrogens is 1. The van der Waals surface area contributed by atoms with Gasteiger partial charge in [-0.05, 0) is 30.5 Å². The van der Waals surface area contributed by atoms with Crippen LogP contribution < -0.4 is 5.32 Å². The number of hydrogen-bond donors (Lipinski definition) is 1. The number of benzene rings is 1. The summed E-state index contributed by atoms with van der Waals surface area (Å²) in [5.74, 6) is -3.46. The molecule has 0 saturated heterocycles. The number of esters is 1. The van der Waals surface area contributed by atoms with Crippen molar-refractivity contribution < 1.29 is 23.1 Å². The van der Waals surface area contributed by atoms with Gasteiger partial charge in [0.25, 0.3) is 5.91 Å². The summed E-state index contributed by atoms with van der Waals surface area (Å²) in [5, 5.41) is 2.79. The Kier molecular flexibility index (Phi) is 5.64. The van der Waals surface area contributed by atoms with Crippen LogP contribution in [0, 0.1) is 11.6 Å². The minimum Gasteiger partial charge on any atom is -0.452 e. The summed E-state index contributed by atoms with van der Waals surface area (Å²) in [6.45, 7) is -0.555. The number of carbonyl (C=O) groups excluding carboxylic acids is 2. The first-order valence-electron chi connectivity index (χ1n) is 6.42. The Labute approximate surface area is 135 Å². The van der Waals surface area contributed by atoms with Crippen molar-refractivity contribution in [2.24, 2.45) is 0 Å². The molecule has 0 radical (unpaired) electrons. The van der Waals surface area contributed by atoms with Gasteiger partial charge in [-0.1, -0.05) is 0 Å². The van der Waals surface area contributed by atoms with E-state index in [9.17, 15) is 18.4 Å². The Hall–Kier alpha value is -2.48. The fourth-order valence-electron chi connectivity index (χ4n) is 1.69. The van der Waals surface area contributed by atoms with Crippen molar-refractivity contribution in [1.82, 2.24) is 4.98 Å². The van der Waals surface area contributed by atoms with Gasteiger partial charge >= 0.3 is 5.97 Å². The summed E-state index contributed by atoms with van der Waals surface area (Å²) in [5.41, 5.74) is 0.316. The number of rotatable bonds is 5. The van der Waals surface area contributed by atoms with Crippen molar-refractivity contribution in [1.29, 1.82) is 0 Å². The first kappa shape index (κ1) is 16.9. The maximum absolute atomic E-state index is 13.0. The summed E-state index contributed by atoms with van der Waals surface area (Å²) in [6, 6.07) is 6.04. The van der Waals surface area contributed by atoms with Crippen LogP contribution >= 0.6 is 11.8 Å². The van der Waals surface area contributed by atoms with Crippen molar-refractivity contribution in [3.63, 3.8) is 0 Å². The first-order valence-corrected chi connectivity index (χ1v) is 7.64.